The molecule has 136 valence electrons. The second-order valence-corrected chi connectivity index (χ2v) is 8.48. The highest BCUT2D eigenvalue weighted by atomic mass is 32.2. The van der Waals surface area contributed by atoms with Gasteiger partial charge in [-0.05, 0) is 31.0 Å². The smallest absolute Gasteiger partial charge is 0.235 e. The van der Waals surface area contributed by atoms with Gasteiger partial charge in [-0.3, -0.25) is 8.99 Å². The summed E-state index contributed by atoms with van der Waals surface area (Å²) in [6.45, 7) is 2.55. The van der Waals surface area contributed by atoms with E-state index in [4.69, 9.17) is 0 Å². The van der Waals surface area contributed by atoms with Gasteiger partial charge in [-0.15, -0.1) is 0 Å². The van der Waals surface area contributed by atoms with Crippen LogP contribution in [0.25, 0.3) is 11.0 Å². The molecule has 1 aliphatic rings. The first-order chi connectivity index (χ1) is 12.4. The molecule has 0 bridgehead atoms. The predicted octanol–water partition coefficient (Wildman–Crippen LogP) is 2.08. The van der Waals surface area contributed by atoms with E-state index < -0.39 is 10.0 Å². The summed E-state index contributed by atoms with van der Waals surface area (Å²) in [6, 6.07) is 7.56. The molecule has 0 aliphatic carbocycles. The molecule has 4 rings (SSSR count). The van der Waals surface area contributed by atoms with Crippen LogP contribution in [0.5, 0.6) is 0 Å². The van der Waals surface area contributed by atoms with Crippen LogP contribution in [0.15, 0.2) is 36.8 Å². The van der Waals surface area contributed by atoms with Crippen LogP contribution in [0.3, 0.4) is 0 Å². The van der Waals surface area contributed by atoms with Crippen LogP contribution in [-0.2, 0) is 17.1 Å². The van der Waals surface area contributed by atoms with Crippen LogP contribution in [0.1, 0.15) is 24.9 Å². The topological polar surface area (TPSA) is 93.0 Å². The molecule has 3 heterocycles. The molecule has 0 saturated carbocycles. The lowest BCUT2D eigenvalue weighted by atomic mass is 10.1. The number of sulfonamides is 1. The monoisotopic (exact) mass is 372 g/mol. The Bertz CT molecular complexity index is 1060. The van der Waals surface area contributed by atoms with Crippen molar-refractivity contribution in [1.82, 2.24) is 19.7 Å². The molecule has 26 heavy (non-hydrogen) atoms. The fraction of sp³-hybridized carbons (Fsp3) is 0.353. The fourth-order valence-corrected chi connectivity index (χ4v) is 4.79. The summed E-state index contributed by atoms with van der Waals surface area (Å²) >= 11 is 0. The van der Waals surface area contributed by atoms with E-state index in [1.54, 1.807) is 4.68 Å². The third-order valence-electron chi connectivity index (χ3n) is 4.54. The Kier molecular flexibility index (Phi) is 4.03. The Labute approximate surface area is 151 Å². The summed E-state index contributed by atoms with van der Waals surface area (Å²) in [5.41, 5.74) is 2.33. The molecule has 0 amide bonds. The van der Waals surface area contributed by atoms with Gasteiger partial charge >= 0.3 is 0 Å². The number of hydrogen-bond donors (Lipinski definition) is 1. The maximum Gasteiger partial charge on any atom is 0.235 e. The summed E-state index contributed by atoms with van der Waals surface area (Å²) in [5, 5.41) is 8.52. The maximum atomic E-state index is 12.2. The molecule has 8 nitrogen and oxygen atoms in total. The van der Waals surface area contributed by atoms with Crippen LogP contribution >= 0.6 is 0 Å². The lowest BCUT2D eigenvalue weighted by Crippen LogP contribution is -2.25. The van der Waals surface area contributed by atoms with Crippen molar-refractivity contribution < 1.29 is 8.42 Å². The van der Waals surface area contributed by atoms with Gasteiger partial charge in [-0.1, -0.05) is 12.1 Å². The standard InChI is InChI=1S/C17H20N6O2S/c1-12(20-16-15-10-22(2)21-17(15)19-11-18-16)13-5-3-6-14(9-13)23-7-4-8-26(23,24)25/h3,5-6,9-12H,4,7-8H2,1-2H3,(H,18,19,20,21). The first-order valence-electron chi connectivity index (χ1n) is 8.45. The molecule has 2 aromatic heterocycles. The minimum absolute atomic E-state index is 0.0569. The largest absolute Gasteiger partial charge is 0.363 e. The minimum Gasteiger partial charge on any atom is -0.363 e. The summed E-state index contributed by atoms with van der Waals surface area (Å²) in [7, 11) is -1.34. The van der Waals surface area contributed by atoms with Crippen LogP contribution in [0.2, 0.25) is 0 Å². The van der Waals surface area contributed by atoms with E-state index in [1.165, 1.54) is 10.6 Å². The minimum atomic E-state index is -3.19. The predicted molar refractivity (Wildman–Crippen MR) is 101 cm³/mol. The van der Waals surface area contributed by atoms with Crippen LogP contribution in [0.4, 0.5) is 11.5 Å². The van der Waals surface area contributed by atoms with E-state index in [2.05, 4.69) is 20.4 Å². The number of rotatable bonds is 4. The van der Waals surface area contributed by atoms with Crippen molar-refractivity contribution >= 4 is 32.6 Å². The van der Waals surface area contributed by atoms with Gasteiger partial charge in [0.2, 0.25) is 10.0 Å². The number of benzene rings is 1. The van der Waals surface area contributed by atoms with Crippen LogP contribution < -0.4 is 9.62 Å². The summed E-state index contributed by atoms with van der Waals surface area (Å²) in [6.07, 6.45) is 4.02. The molecule has 1 aliphatic heterocycles. The number of nitrogens with zero attached hydrogens (tertiary/aromatic N) is 5. The van der Waals surface area contributed by atoms with Crippen molar-refractivity contribution in [3.8, 4) is 0 Å². The maximum absolute atomic E-state index is 12.2. The highest BCUT2D eigenvalue weighted by molar-refractivity contribution is 7.93. The number of fused-ring (bicyclic) bond motifs is 1. The van der Waals surface area contributed by atoms with E-state index in [1.807, 2.05) is 44.4 Å². The molecule has 3 aromatic rings. The van der Waals surface area contributed by atoms with Crippen molar-refractivity contribution in [2.75, 3.05) is 21.9 Å². The van der Waals surface area contributed by atoms with Crippen LogP contribution in [0, 0.1) is 0 Å². The highest BCUT2D eigenvalue weighted by Crippen LogP contribution is 2.28. The molecule has 1 saturated heterocycles. The summed E-state index contributed by atoms with van der Waals surface area (Å²) in [4.78, 5) is 8.50. The number of anilines is 2. The second-order valence-electron chi connectivity index (χ2n) is 6.47. The fourth-order valence-electron chi connectivity index (χ4n) is 3.23. The summed E-state index contributed by atoms with van der Waals surface area (Å²) < 4.78 is 27.5. The number of aromatic nitrogens is 4. The normalized spacial score (nSPS) is 17.5. The lowest BCUT2D eigenvalue weighted by Gasteiger charge is -2.20. The molecule has 1 N–H and O–H groups in total. The third kappa shape index (κ3) is 2.98. The molecule has 0 radical (unpaired) electrons. The molecule has 1 fully saturated rings. The van der Waals surface area contributed by atoms with E-state index in [0.29, 0.717) is 30.1 Å². The van der Waals surface area contributed by atoms with Crippen LogP contribution in [-0.4, -0.2) is 40.5 Å². The van der Waals surface area contributed by atoms with Crippen molar-refractivity contribution in [2.24, 2.45) is 7.05 Å². The van der Waals surface area contributed by atoms with Crippen molar-refractivity contribution in [3.63, 3.8) is 0 Å². The van der Waals surface area contributed by atoms with Gasteiger partial charge in [-0.2, -0.15) is 5.10 Å². The summed E-state index contributed by atoms with van der Waals surface area (Å²) in [5.74, 6) is 0.917. The van der Waals surface area contributed by atoms with Crippen molar-refractivity contribution in [1.29, 1.82) is 0 Å². The van der Waals surface area contributed by atoms with E-state index in [0.717, 1.165) is 10.9 Å². The van der Waals surface area contributed by atoms with E-state index in [-0.39, 0.29) is 11.8 Å². The van der Waals surface area contributed by atoms with Gasteiger partial charge in [0.25, 0.3) is 0 Å². The van der Waals surface area contributed by atoms with Gasteiger partial charge in [0.15, 0.2) is 5.65 Å². The third-order valence-corrected chi connectivity index (χ3v) is 6.41. The van der Waals surface area contributed by atoms with Crippen molar-refractivity contribution in [3.05, 3.63) is 42.4 Å². The second kappa shape index (κ2) is 6.24. The Morgan fingerprint density at radius 1 is 1.27 bits per heavy atom. The Hall–Kier alpha value is -2.68. The van der Waals surface area contributed by atoms with Crippen molar-refractivity contribution in [2.45, 2.75) is 19.4 Å². The zero-order valence-corrected chi connectivity index (χ0v) is 15.4. The first kappa shape index (κ1) is 16.8. The molecule has 1 unspecified atom stereocenters. The van der Waals surface area contributed by atoms with E-state index >= 15 is 0 Å². The average molecular weight is 372 g/mol. The molecule has 1 atom stereocenters. The van der Waals surface area contributed by atoms with Gasteiger partial charge in [0.05, 0.1) is 22.9 Å². The zero-order valence-electron chi connectivity index (χ0n) is 14.6. The average Bonchev–Trinajstić information content (AvgIpc) is 3.16. The Morgan fingerprint density at radius 2 is 2.12 bits per heavy atom. The molecule has 1 aromatic carbocycles. The lowest BCUT2D eigenvalue weighted by molar-refractivity contribution is 0.599. The molecular formula is C17H20N6O2S. The SMILES string of the molecule is CC(Nc1ncnc2nn(C)cc12)c1cccc(N2CCCS2(=O)=O)c1. The quantitative estimate of drug-likeness (QED) is 0.754. The number of nitrogens with one attached hydrogen (secondary N) is 1. The van der Waals surface area contributed by atoms with E-state index in [9.17, 15) is 8.42 Å². The molecular weight excluding hydrogens is 352 g/mol. The van der Waals surface area contributed by atoms with Gasteiger partial charge in [0, 0.05) is 19.8 Å². The van der Waals surface area contributed by atoms with Gasteiger partial charge < -0.3 is 5.32 Å². The number of aryl methyl sites for hydroxylation is 1. The Morgan fingerprint density at radius 3 is 2.88 bits per heavy atom. The van der Waals surface area contributed by atoms with Gasteiger partial charge in [0.1, 0.15) is 12.1 Å². The molecule has 9 heteroatoms. The zero-order chi connectivity index (χ0) is 18.3. The molecule has 0 spiro atoms. The highest BCUT2D eigenvalue weighted by Gasteiger charge is 2.28. The first-order valence-corrected chi connectivity index (χ1v) is 10.1. The number of hydrogen-bond acceptors (Lipinski definition) is 6. The van der Waals surface area contributed by atoms with Gasteiger partial charge in [-0.25, -0.2) is 18.4 Å². The Balaban J connectivity index is 1.62.